The van der Waals surface area contributed by atoms with Crippen molar-refractivity contribution in [2.45, 2.75) is 6.42 Å². The number of anilines is 1. The topological polar surface area (TPSA) is 106 Å². The standard InChI is InChI=1S/C11H9FN2O3/c12-7-4-6(2-1-3-9(13)15)10(14)8(5-7)11(16)17/h4-5H,3,14H2,(H2,13,15)(H,16,17). The molecular weight excluding hydrogens is 227 g/mol. The average molecular weight is 236 g/mol. The van der Waals surface area contributed by atoms with Crippen LogP contribution in [0.3, 0.4) is 0 Å². The minimum Gasteiger partial charge on any atom is -0.478 e. The van der Waals surface area contributed by atoms with Crippen LogP contribution in [0.1, 0.15) is 22.3 Å². The van der Waals surface area contributed by atoms with Crippen molar-refractivity contribution >= 4 is 17.6 Å². The molecule has 0 unspecified atom stereocenters. The smallest absolute Gasteiger partial charge is 0.337 e. The van der Waals surface area contributed by atoms with Gasteiger partial charge in [-0.1, -0.05) is 11.8 Å². The molecule has 0 aliphatic heterocycles. The maximum atomic E-state index is 13.1. The van der Waals surface area contributed by atoms with E-state index in [0.717, 1.165) is 12.1 Å². The second-order valence-electron chi connectivity index (χ2n) is 3.16. The van der Waals surface area contributed by atoms with Crippen molar-refractivity contribution in [3.05, 3.63) is 29.1 Å². The number of aromatic carboxylic acids is 1. The first kappa shape index (κ1) is 12.5. The lowest BCUT2D eigenvalue weighted by molar-refractivity contribution is -0.117. The van der Waals surface area contributed by atoms with E-state index in [1.165, 1.54) is 0 Å². The summed E-state index contributed by atoms with van der Waals surface area (Å²) in [5.74, 6) is 2.03. The Hall–Kier alpha value is -2.55. The molecule has 88 valence electrons. The van der Waals surface area contributed by atoms with Gasteiger partial charge >= 0.3 is 5.97 Å². The molecule has 0 fully saturated rings. The third-order valence-electron chi connectivity index (χ3n) is 1.86. The van der Waals surface area contributed by atoms with E-state index in [0.29, 0.717) is 0 Å². The van der Waals surface area contributed by atoms with Crippen LogP contribution >= 0.6 is 0 Å². The Morgan fingerprint density at radius 3 is 2.59 bits per heavy atom. The molecule has 0 bridgehead atoms. The van der Waals surface area contributed by atoms with Gasteiger partial charge in [0.25, 0.3) is 0 Å². The van der Waals surface area contributed by atoms with E-state index < -0.39 is 17.7 Å². The highest BCUT2D eigenvalue weighted by atomic mass is 19.1. The summed E-state index contributed by atoms with van der Waals surface area (Å²) in [4.78, 5) is 21.2. The minimum absolute atomic E-state index is 0.0173. The number of nitrogens with two attached hydrogens (primary N) is 2. The summed E-state index contributed by atoms with van der Waals surface area (Å²) < 4.78 is 13.1. The van der Waals surface area contributed by atoms with Crippen molar-refractivity contribution in [1.29, 1.82) is 0 Å². The number of carbonyl (C=O) groups excluding carboxylic acids is 1. The molecule has 0 aliphatic rings. The van der Waals surface area contributed by atoms with Gasteiger partial charge < -0.3 is 16.6 Å². The fourth-order valence-corrected chi connectivity index (χ4v) is 1.12. The summed E-state index contributed by atoms with van der Waals surface area (Å²) in [5.41, 5.74) is 9.87. The van der Waals surface area contributed by atoms with Gasteiger partial charge in [-0.25, -0.2) is 9.18 Å². The van der Waals surface area contributed by atoms with Crippen LogP contribution in [0.2, 0.25) is 0 Å². The molecule has 0 spiro atoms. The van der Waals surface area contributed by atoms with Gasteiger partial charge in [0, 0.05) is 0 Å². The maximum Gasteiger partial charge on any atom is 0.337 e. The van der Waals surface area contributed by atoms with Crippen LogP contribution < -0.4 is 11.5 Å². The molecular formula is C11H9FN2O3. The predicted octanol–water partition coefficient (Wildman–Crippen LogP) is 0.333. The summed E-state index contributed by atoms with van der Waals surface area (Å²) >= 11 is 0. The van der Waals surface area contributed by atoms with Gasteiger partial charge in [-0.3, -0.25) is 4.79 Å². The van der Waals surface area contributed by atoms with Crippen LogP contribution in [0.4, 0.5) is 10.1 Å². The number of carboxylic acid groups (broad SMARTS) is 1. The largest absolute Gasteiger partial charge is 0.478 e. The number of amides is 1. The van der Waals surface area contributed by atoms with E-state index in [1.807, 2.05) is 0 Å². The van der Waals surface area contributed by atoms with Gasteiger partial charge in [0.1, 0.15) is 5.82 Å². The quantitative estimate of drug-likeness (QED) is 0.508. The Morgan fingerprint density at radius 2 is 2.06 bits per heavy atom. The molecule has 0 atom stereocenters. The fraction of sp³-hybridized carbons (Fsp3) is 0.0909. The van der Waals surface area contributed by atoms with Gasteiger partial charge in [-0.05, 0) is 12.1 Å². The summed E-state index contributed by atoms with van der Waals surface area (Å²) in [7, 11) is 0. The van der Waals surface area contributed by atoms with Crippen molar-refractivity contribution in [2.75, 3.05) is 5.73 Å². The molecule has 0 saturated heterocycles. The second-order valence-corrected chi connectivity index (χ2v) is 3.16. The monoisotopic (exact) mass is 236 g/mol. The zero-order chi connectivity index (χ0) is 13.0. The van der Waals surface area contributed by atoms with E-state index >= 15 is 0 Å². The van der Waals surface area contributed by atoms with Crippen LogP contribution in [0.5, 0.6) is 0 Å². The lowest BCUT2D eigenvalue weighted by atomic mass is 10.1. The predicted molar refractivity (Wildman–Crippen MR) is 58.5 cm³/mol. The summed E-state index contributed by atoms with van der Waals surface area (Å²) in [6.45, 7) is 0. The number of nitrogen functional groups attached to an aromatic ring is 1. The van der Waals surface area contributed by atoms with Gasteiger partial charge in [0.05, 0.1) is 23.2 Å². The van der Waals surface area contributed by atoms with Crippen molar-refractivity contribution in [3.8, 4) is 11.8 Å². The summed E-state index contributed by atoms with van der Waals surface area (Å²) in [6, 6.07) is 1.80. The Morgan fingerprint density at radius 1 is 1.41 bits per heavy atom. The summed E-state index contributed by atoms with van der Waals surface area (Å²) in [6.07, 6.45) is -0.210. The van der Waals surface area contributed by atoms with Crippen molar-refractivity contribution in [3.63, 3.8) is 0 Å². The first-order valence-electron chi connectivity index (χ1n) is 4.51. The van der Waals surface area contributed by atoms with Crippen LogP contribution in [-0.4, -0.2) is 17.0 Å². The second kappa shape index (κ2) is 4.99. The molecule has 0 aromatic heterocycles. The molecule has 1 aromatic carbocycles. The lowest BCUT2D eigenvalue weighted by Crippen LogP contribution is -2.08. The number of benzene rings is 1. The number of hydrogen-bond donors (Lipinski definition) is 3. The molecule has 0 aliphatic carbocycles. The van der Waals surface area contributed by atoms with Gasteiger partial charge in [-0.2, -0.15) is 0 Å². The first-order chi connectivity index (χ1) is 7.91. The normalized spacial score (nSPS) is 9.24. The third-order valence-corrected chi connectivity index (χ3v) is 1.86. The van der Waals surface area contributed by atoms with E-state index in [9.17, 15) is 14.0 Å². The van der Waals surface area contributed by atoms with E-state index in [4.69, 9.17) is 16.6 Å². The minimum atomic E-state index is -1.35. The van der Waals surface area contributed by atoms with Gasteiger partial charge in [0.15, 0.2) is 0 Å². The molecule has 5 N–H and O–H groups in total. The molecule has 6 heteroatoms. The van der Waals surface area contributed by atoms with Crippen molar-refractivity contribution < 1.29 is 19.1 Å². The number of carbonyl (C=O) groups is 2. The number of primary amides is 1. The average Bonchev–Trinajstić information content (AvgIpc) is 2.21. The Kier molecular flexibility index (Phi) is 3.67. The molecule has 0 saturated carbocycles. The Labute approximate surface area is 96.2 Å². The molecule has 1 aromatic rings. The van der Waals surface area contributed by atoms with Crippen LogP contribution in [0.15, 0.2) is 12.1 Å². The van der Waals surface area contributed by atoms with Crippen LogP contribution in [0, 0.1) is 17.7 Å². The van der Waals surface area contributed by atoms with Gasteiger partial charge in [0.2, 0.25) is 5.91 Å². The zero-order valence-corrected chi connectivity index (χ0v) is 8.66. The molecule has 0 heterocycles. The van der Waals surface area contributed by atoms with Crippen LogP contribution in [-0.2, 0) is 4.79 Å². The molecule has 5 nitrogen and oxygen atoms in total. The Balaban J connectivity index is 3.19. The van der Waals surface area contributed by atoms with E-state index in [2.05, 4.69) is 11.8 Å². The highest BCUT2D eigenvalue weighted by molar-refractivity contribution is 5.95. The first-order valence-corrected chi connectivity index (χ1v) is 4.51. The molecule has 17 heavy (non-hydrogen) atoms. The van der Waals surface area contributed by atoms with Crippen LogP contribution in [0.25, 0.3) is 0 Å². The number of rotatable bonds is 2. The molecule has 1 rings (SSSR count). The number of hydrogen-bond acceptors (Lipinski definition) is 3. The SMILES string of the molecule is NC(=O)CC#Cc1cc(F)cc(C(=O)O)c1N. The summed E-state index contributed by atoms with van der Waals surface area (Å²) in [5, 5.41) is 8.76. The van der Waals surface area contributed by atoms with Gasteiger partial charge in [-0.15, -0.1) is 0 Å². The molecule has 1 amide bonds. The highest BCUT2D eigenvalue weighted by Crippen LogP contribution is 2.19. The number of halogens is 1. The van der Waals surface area contributed by atoms with Crippen molar-refractivity contribution in [1.82, 2.24) is 0 Å². The Bertz CT molecular complexity index is 544. The van der Waals surface area contributed by atoms with E-state index in [-0.39, 0.29) is 23.2 Å². The zero-order valence-electron chi connectivity index (χ0n) is 8.66. The lowest BCUT2D eigenvalue weighted by Gasteiger charge is -2.03. The molecule has 0 radical (unpaired) electrons. The van der Waals surface area contributed by atoms with Crippen molar-refractivity contribution in [2.24, 2.45) is 5.73 Å². The van der Waals surface area contributed by atoms with E-state index in [1.54, 1.807) is 0 Å². The highest BCUT2D eigenvalue weighted by Gasteiger charge is 2.12. The maximum absolute atomic E-state index is 13.1. The number of carboxylic acids is 1. The third kappa shape index (κ3) is 3.21. The fourth-order valence-electron chi connectivity index (χ4n) is 1.12.